The van der Waals surface area contributed by atoms with E-state index in [1.54, 1.807) is 12.3 Å². The molecule has 0 aliphatic heterocycles. The number of nitrogens with one attached hydrogen (secondary N) is 2. The predicted octanol–water partition coefficient (Wildman–Crippen LogP) is 3.60. The predicted molar refractivity (Wildman–Crippen MR) is 86.5 cm³/mol. The van der Waals surface area contributed by atoms with Crippen molar-refractivity contribution in [1.82, 2.24) is 10.3 Å². The zero-order valence-electron chi connectivity index (χ0n) is 13.0. The third-order valence-corrected chi connectivity index (χ3v) is 4.14. The van der Waals surface area contributed by atoms with E-state index < -0.39 is 0 Å². The molecule has 1 aromatic rings. The van der Waals surface area contributed by atoms with Gasteiger partial charge in [-0.25, -0.2) is 4.98 Å². The SMILES string of the molecule is CCCNc1ccc(C(=O)NCCC2CCCCC2)nc1. The van der Waals surface area contributed by atoms with Crippen LogP contribution in [-0.4, -0.2) is 24.0 Å². The molecule has 1 heterocycles. The Morgan fingerprint density at radius 1 is 1.24 bits per heavy atom. The first kappa shape index (κ1) is 15.8. The molecular formula is C17H27N3O. The third kappa shape index (κ3) is 5.37. The molecule has 0 atom stereocenters. The van der Waals surface area contributed by atoms with E-state index in [4.69, 9.17) is 0 Å². The minimum absolute atomic E-state index is 0.0622. The highest BCUT2D eigenvalue weighted by Crippen LogP contribution is 2.25. The van der Waals surface area contributed by atoms with E-state index in [0.717, 1.165) is 37.5 Å². The number of rotatable bonds is 7. The van der Waals surface area contributed by atoms with Gasteiger partial charge in [0, 0.05) is 13.1 Å². The van der Waals surface area contributed by atoms with Crippen LogP contribution in [0.15, 0.2) is 18.3 Å². The fourth-order valence-electron chi connectivity index (χ4n) is 2.86. The van der Waals surface area contributed by atoms with Crippen LogP contribution in [0.3, 0.4) is 0 Å². The van der Waals surface area contributed by atoms with Crippen LogP contribution in [0.25, 0.3) is 0 Å². The zero-order valence-corrected chi connectivity index (χ0v) is 13.0. The first-order valence-corrected chi connectivity index (χ1v) is 8.27. The summed E-state index contributed by atoms with van der Waals surface area (Å²) in [5, 5.41) is 6.24. The second kappa shape index (κ2) is 8.65. The van der Waals surface area contributed by atoms with Crippen molar-refractivity contribution in [2.75, 3.05) is 18.4 Å². The van der Waals surface area contributed by atoms with Gasteiger partial charge in [0.15, 0.2) is 0 Å². The summed E-state index contributed by atoms with van der Waals surface area (Å²) < 4.78 is 0. The highest BCUT2D eigenvalue weighted by atomic mass is 16.1. The summed E-state index contributed by atoms with van der Waals surface area (Å²) in [7, 11) is 0. The fraction of sp³-hybridized carbons (Fsp3) is 0.647. The Bertz CT molecular complexity index is 424. The zero-order chi connectivity index (χ0) is 14.9. The van der Waals surface area contributed by atoms with Crippen LogP contribution in [0, 0.1) is 5.92 Å². The highest BCUT2D eigenvalue weighted by molar-refractivity contribution is 5.92. The summed E-state index contributed by atoms with van der Waals surface area (Å²) in [6, 6.07) is 3.70. The van der Waals surface area contributed by atoms with Crippen LogP contribution in [0.2, 0.25) is 0 Å². The van der Waals surface area contributed by atoms with Crippen LogP contribution in [0.4, 0.5) is 5.69 Å². The first-order valence-electron chi connectivity index (χ1n) is 8.27. The Morgan fingerprint density at radius 3 is 2.71 bits per heavy atom. The molecule has 1 fully saturated rings. The molecule has 0 bridgehead atoms. The Balaban J connectivity index is 1.72. The Morgan fingerprint density at radius 2 is 2.05 bits per heavy atom. The van der Waals surface area contributed by atoms with Crippen molar-refractivity contribution in [2.45, 2.75) is 51.9 Å². The van der Waals surface area contributed by atoms with Gasteiger partial charge in [0.25, 0.3) is 5.91 Å². The molecule has 2 rings (SSSR count). The van der Waals surface area contributed by atoms with Crippen molar-refractivity contribution in [2.24, 2.45) is 5.92 Å². The van der Waals surface area contributed by atoms with Gasteiger partial charge in [-0.05, 0) is 30.9 Å². The molecule has 0 saturated heterocycles. The minimum Gasteiger partial charge on any atom is -0.384 e. The Labute approximate surface area is 127 Å². The number of hydrogen-bond donors (Lipinski definition) is 2. The summed E-state index contributed by atoms with van der Waals surface area (Å²) in [4.78, 5) is 16.2. The van der Waals surface area contributed by atoms with Crippen molar-refractivity contribution in [3.63, 3.8) is 0 Å². The number of pyridine rings is 1. The van der Waals surface area contributed by atoms with Crippen molar-refractivity contribution >= 4 is 11.6 Å². The van der Waals surface area contributed by atoms with E-state index in [1.165, 1.54) is 32.1 Å². The maximum atomic E-state index is 12.0. The molecule has 0 aromatic carbocycles. The van der Waals surface area contributed by atoms with Gasteiger partial charge in [-0.3, -0.25) is 4.79 Å². The normalized spacial score (nSPS) is 15.7. The molecule has 1 aromatic heterocycles. The van der Waals surface area contributed by atoms with E-state index in [2.05, 4.69) is 22.5 Å². The molecule has 1 aliphatic rings. The monoisotopic (exact) mass is 289 g/mol. The lowest BCUT2D eigenvalue weighted by Gasteiger charge is -2.21. The van der Waals surface area contributed by atoms with Gasteiger partial charge >= 0.3 is 0 Å². The molecule has 2 N–H and O–H groups in total. The molecule has 0 spiro atoms. The van der Waals surface area contributed by atoms with Crippen LogP contribution in [0.5, 0.6) is 0 Å². The maximum Gasteiger partial charge on any atom is 0.269 e. The van der Waals surface area contributed by atoms with Gasteiger partial charge in [-0.15, -0.1) is 0 Å². The smallest absolute Gasteiger partial charge is 0.269 e. The molecule has 4 heteroatoms. The molecule has 1 saturated carbocycles. The fourth-order valence-corrected chi connectivity index (χ4v) is 2.86. The summed E-state index contributed by atoms with van der Waals surface area (Å²) >= 11 is 0. The average molecular weight is 289 g/mol. The van der Waals surface area contributed by atoms with E-state index >= 15 is 0 Å². The number of hydrogen-bond acceptors (Lipinski definition) is 3. The van der Waals surface area contributed by atoms with Gasteiger partial charge < -0.3 is 10.6 Å². The van der Waals surface area contributed by atoms with E-state index in [0.29, 0.717) is 5.69 Å². The summed E-state index contributed by atoms with van der Waals surface area (Å²) in [6.07, 6.45) is 10.6. The molecule has 1 amide bonds. The Kier molecular flexibility index (Phi) is 6.51. The van der Waals surface area contributed by atoms with Crippen molar-refractivity contribution in [3.8, 4) is 0 Å². The average Bonchev–Trinajstić information content (AvgIpc) is 2.54. The van der Waals surface area contributed by atoms with Crippen molar-refractivity contribution in [1.29, 1.82) is 0 Å². The van der Waals surface area contributed by atoms with E-state index in [1.807, 2.05) is 6.07 Å². The largest absolute Gasteiger partial charge is 0.384 e. The lowest BCUT2D eigenvalue weighted by Crippen LogP contribution is -2.27. The third-order valence-electron chi connectivity index (χ3n) is 4.14. The van der Waals surface area contributed by atoms with Crippen molar-refractivity contribution < 1.29 is 4.79 Å². The molecule has 0 unspecified atom stereocenters. The number of carbonyl (C=O) groups excluding carboxylic acids is 1. The Hall–Kier alpha value is -1.58. The van der Waals surface area contributed by atoms with Gasteiger partial charge in [0.05, 0.1) is 11.9 Å². The van der Waals surface area contributed by atoms with E-state index in [-0.39, 0.29) is 5.91 Å². The quantitative estimate of drug-likeness (QED) is 0.806. The van der Waals surface area contributed by atoms with Gasteiger partial charge in [0.2, 0.25) is 0 Å². The van der Waals surface area contributed by atoms with Crippen molar-refractivity contribution in [3.05, 3.63) is 24.0 Å². The summed E-state index contributed by atoms with van der Waals surface area (Å²) in [5.41, 5.74) is 1.47. The number of carbonyl (C=O) groups is 1. The van der Waals surface area contributed by atoms with Gasteiger partial charge in [0.1, 0.15) is 5.69 Å². The first-order chi connectivity index (χ1) is 10.3. The number of anilines is 1. The molecule has 1 aliphatic carbocycles. The van der Waals surface area contributed by atoms with E-state index in [9.17, 15) is 4.79 Å². The lowest BCUT2D eigenvalue weighted by molar-refractivity contribution is 0.0945. The molecule has 116 valence electrons. The van der Waals surface area contributed by atoms with Crippen LogP contribution in [0.1, 0.15) is 62.4 Å². The van der Waals surface area contributed by atoms with Gasteiger partial charge in [-0.2, -0.15) is 0 Å². The topological polar surface area (TPSA) is 54.0 Å². The van der Waals surface area contributed by atoms with Gasteiger partial charge in [-0.1, -0.05) is 39.0 Å². The number of amides is 1. The molecular weight excluding hydrogens is 262 g/mol. The molecule has 4 nitrogen and oxygen atoms in total. The second-order valence-electron chi connectivity index (χ2n) is 5.91. The number of aromatic nitrogens is 1. The van der Waals surface area contributed by atoms with Crippen LogP contribution in [-0.2, 0) is 0 Å². The van der Waals surface area contributed by atoms with Crippen LogP contribution >= 0.6 is 0 Å². The molecule has 21 heavy (non-hydrogen) atoms. The summed E-state index contributed by atoms with van der Waals surface area (Å²) in [6.45, 7) is 3.81. The number of nitrogens with zero attached hydrogens (tertiary/aromatic N) is 1. The lowest BCUT2D eigenvalue weighted by atomic mass is 9.87. The maximum absolute atomic E-state index is 12.0. The summed E-state index contributed by atoms with van der Waals surface area (Å²) in [5.74, 6) is 0.737. The highest BCUT2D eigenvalue weighted by Gasteiger charge is 2.14. The standard InChI is InChI=1S/C17H27N3O/c1-2-11-18-15-8-9-16(20-13-15)17(21)19-12-10-14-6-4-3-5-7-14/h8-9,13-14,18H,2-7,10-12H2,1H3,(H,19,21). The minimum atomic E-state index is -0.0622. The van der Waals surface area contributed by atoms with Crippen LogP contribution < -0.4 is 10.6 Å². The second-order valence-corrected chi connectivity index (χ2v) is 5.91. The molecule has 0 radical (unpaired) electrons.